The van der Waals surface area contributed by atoms with E-state index in [1.807, 2.05) is 47.7 Å². The Kier molecular flexibility index (Phi) is 5.68. The second-order valence-electron chi connectivity index (χ2n) is 11.0. The van der Waals surface area contributed by atoms with Gasteiger partial charge in [0.2, 0.25) is 0 Å². The zero-order chi connectivity index (χ0) is 29.0. The largest absolute Gasteiger partial charge is 0.456 e. The summed E-state index contributed by atoms with van der Waals surface area (Å²) in [6.07, 6.45) is 0. The van der Waals surface area contributed by atoms with Crippen molar-refractivity contribution in [2.24, 2.45) is 0 Å². The fourth-order valence-corrected chi connectivity index (χ4v) is 7.47. The number of aromatic nitrogens is 2. The van der Waals surface area contributed by atoms with E-state index in [1.54, 1.807) is 0 Å². The first-order valence-electron chi connectivity index (χ1n) is 14.7. The Labute approximate surface area is 257 Å². The summed E-state index contributed by atoms with van der Waals surface area (Å²) in [7, 11) is 0. The van der Waals surface area contributed by atoms with Gasteiger partial charge >= 0.3 is 0 Å². The van der Waals surface area contributed by atoms with E-state index in [4.69, 9.17) is 14.4 Å². The molecule has 0 unspecified atom stereocenters. The van der Waals surface area contributed by atoms with Crippen LogP contribution in [0.3, 0.4) is 0 Å². The molecule has 0 atom stereocenters. The minimum Gasteiger partial charge on any atom is -0.456 e. The lowest BCUT2D eigenvalue weighted by Crippen LogP contribution is -1.95. The summed E-state index contributed by atoms with van der Waals surface area (Å²) < 4.78 is 9.13. The molecule has 4 heteroatoms. The standard InChI is InChI=1S/C40H24N2OS/c1-3-11-25(12-4-1)33-24-34(26-13-5-2-6-14-26)42-40(41-33)27-21-22-32-36(23-27)43-35-19-10-16-29(38(32)35)31-18-9-17-30-28-15-7-8-20-37(28)44-39(30)31/h1-24H. The van der Waals surface area contributed by atoms with Crippen LogP contribution in [0.1, 0.15) is 0 Å². The van der Waals surface area contributed by atoms with Crippen molar-refractivity contribution in [3.05, 3.63) is 146 Å². The Balaban J connectivity index is 1.23. The molecule has 0 N–H and O–H groups in total. The van der Waals surface area contributed by atoms with Crippen molar-refractivity contribution in [1.29, 1.82) is 0 Å². The predicted octanol–water partition coefficient (Wildman–Crippen LogP) is 11.4. The number of fused-ring (bicyclic) bond motifs is 6. The van der Waals surface area contributed by atoms with Gasteiger partial charge in [-0.1, -0.05) is 115 Å². The maximum absolute atomic E-state index is 6.53. The van der Waals surface area contributed by atoms with Gasteiger partial charge in [0, 0.05) is 53.2 Å². The van der Waals surface area contributed by atoms with Crippen LogP contribution in [0.5, 0.6) is 0 Å². The first-order valence-corrected chi connectivity index (χ1v) is 15.5. The van der Waals surface area contributed by atoms with E-state index in [1.165, 1.54) is 31.3 Å². The quantitative estimate of drug-likeness (QED) is 0.208. The number of benzene rings is 6. The fraction of sp³-hybridized carbons (Fsp3) is 0. The van der Waals surface area contributed by atoms with Gasteiger partial charge < -0.3 is 4.42 Å². The average molecular weight is 581 g/mol. The first kappa shape index (κ1) is 25.0. The van der Waals surface area contributed by atoms with Crippen molar-refractivity contribution in [3.63, 3.8) is 0 Å². The van der Waals surface area contributed by atoms with E-state index >= 15 is 0 Å². The summed E-state index contributed by atoms with van der Waals surface area (Å²) in [6.45, 7) is 0. The number of furan rings is 1. The molecule has 0 fully saturated rings. The molecule has 9 aromatic rings. The normalized spacial score (nSPS) is 11.6. The van der Waals surface area contributed by atoms with Gasteiger partial charge in [0.05, 0.1) is 11.4 Å². The van der Waals surface area contributed by atoms with Crippen molar-refractivity contribution in [3.8, 4) is 45.0 Å². The van der Waals surface area contributed by atoms with Gasteiger partial charge in [-0.2, -0.15) is 0 Å². The molecule has 206 valence electrons. The lowest BCUT2D eigenvalue weighted by atomic mass is 9.97. The Bertz CT molecular complexity index is 2440. The molecule has 3 heterocycles. The summed E-state index contributed by atoms with van der Waals surface area (Å²) in [6, 6.07) is 50.6. The molecule has 6 aromatic carbocycles. The third kappa shape index (κ3) is 4.03. The lowest BCUT2D eigenvalue weighted by molar-refractivity contribution is 0.669. The van der Waals surface area contributed by atoms with Crippen LogP contribution in [0.15, 0.2) is 150 Å². The first-order chi connectivity index (χ1) is 21.8. The monoisotopic (exact) mass is 580 g/mol. The maximum atomic E-state index is 6.53. The number of nitrogens with zero attached hydrogens (tertiary/aromatic N) is 2. The summed E-state index contributed by atoms with van der Waals surface area (Å²) >= 11 is 1.85. The van der Waals surface area contributed by atoms with Gasteiger partial charge in [-0.05, 0) is 35.9 Å². The Morgan fingerprint density at radius 2 is 1.11 bits per heavy atom. The second-order valence-corrected chi connectivity index (χ2v) is 12.0. The number of rotatable bonds is 4. The van der Waals surface area contributed by atoms with Gasteiger partial charge in [-0.3, -0.25) is 0 Å². The molecule has 0 aliphatic rings. The van der Waals surface area contributed by atoms with Gasteiger partial charge in [0.1, 0.15) is 11.2 Å². The summed E-state index contributed by atoms with van der Waals surface area (Å²) in [4.78, 5) is 10.1. The minimum absolute atomic E-state index is 0.669. The zero-order valence-electron chi connectivity index (χ0n) is 23.6. The summed E-state index contributed by atoms with van der Waals surface area (Å²) in [5.74, 6) is 0.669. The van der Waals surface area contributed by atoms with E-state index in [-0.39, 0.29) is 0 Å². The third-order valence-corrected chi connectivity index (χ3v) is 9.53. The number of hydrogen-bond donors (Lipinski definition) is 0. The SMILES string of the molecule is c1ccc(-c2cc(-c3ccccc3)nc(-c3ccc4c(c3)oc3cccc(-c5cccc6c5sc5ccccc56)c34)n2)cc1. The molecular formula is C40H24N2OS. The summed E-state index contributed by atoms with van der Waals surface area (Å²) in [5.41, 5.74) is 8.90. The van der Waals surface area contributed by atoms with Crippen LogP contribution in [0.25, 0.3) is 87.1 Å². The highest BCUT2D eigenvalue weighted by Crippen LogP contribution is 2.44. The molecule has 3 aromatic heterocycles. The molecule has 0 aliphatic carbocycles. The Morgan fingerprint density at radius 3 is 1.89 bits per heavy atom. The van der Waals surface area contributed by atoms with Crippen molar-refractivity contribution < 1.29 is 4.42 Å². The molecule has 0 aliphatic heterocycles. The number of hydrogen-bond acceptors (Lipinski definition) is 4. The van der Waals surface area contributed by atoms with Crippen LogP contribution in [-0.2, 0) is 0 Å². The lowest BCUT2D eigenvalue weighted by Gasteiger charge is -2.09. The van der Waals surface area contributed by atoms with E-state index in [2.05, 4.69) is 109 Å². The zero-order valence-corrected chi connectivity index (χ0v) is 24.4. The molecule has 3 nitrogen and oxygen atoms in total. The third-order valence-electron chi connectivity index (χ3n) is 8.32. The molecule has 9 rings (SSSR count). The Hall–Kier alpha value is -5.58. The molecule has 0 saturated carbocycles. The van der Waals surface area contributed by atoms with Gasteiger partial charge in [-0.25, -0.2) is 9.97 Å². The second kappa shape index (κ2) is 10.0. The molecule has 0 spiro atoms. The molecule has 0 amide bonds. The maximum Gasteiger partial charge on any atom is 0.160 e. The molecule has 0 radical (unpaired) electrons. The minimum atomic E-state index is 0.669. The smallest absolute Gasteiger partial charge is 0.160 e. The fourth-order valence-electron chi connectivity index (χ4n) is 6.24. The predicted molar refractivity (Wildman–Crippen MR) is 184 cm³/mol. The number of thiophene rings is 1. The van der Waals surface area contributed by atoms with Crippen LogP contribution in [0, 0.1) is 0 Å². The van der Waals surface area contributed by atoms with Crippen LogP contribution in [-0.4, -0.2) is 9.97 Å². The van der Waals surface area contributed by atoms with Gasteiger partial charge in [-0.15, -0.1) is 11.3 Å². The van der Waals surface area contributed by atoms with E-state index in [9.17, 15) is 0 Å². The van der Waals surface area contributed by atoms with Crippen molar-refractivity contribution in [2.75, 3.05) is 0 Å². The molecule has 0 saturated heterocycles. The Morgan fingerprint density at radius 1 is 0.455 bits per heavy atom. The van der Waals surface area contributed by atoms with Crippen molar-refractivity contribution >= 4 is 53.4 Å². The summed E-state index contributed by atoms with van der Waals surface area (Å²) in [5, 5.41) is 4.80. The van der Waals surface area contributed by atoms with Crippen LogP contribution < -0.4 is 0 Å². The van der Waals surface area contributed by atoms with Crippen molar-refractivity contribution in [1.82, 2.24) is 9.97 Å². The van der Waals surface area contributed by atoms with Crippen molar-refractivity contribution in [2.45, 2.75) is 0 Å². The van der Waals surface area contributed by atoms with Gasteiger partial charge in [0.15, 0.2) is 5.82 Å². The topological polar surface area (TPSA) is 38.9 Å². The average Bonchev–Trinajstić information content (AvgIpc) is 3.67. The van der Waals surface area contributed by atoms with Crippen LogP contribution in [0.2, 0.25) is 0 Å². The van der Waals surface area contributed by atoms with E-state index in [0.717, 1.165) is 50.0 Å². The van der Waals surface area contributed by atoms with Gasteiger partial charge in [0.25, 0.3) is 0 Å². The van der Waals surface area contributed by atoms with Crippen LogP contribution in [0.4, 0.5) is 0 Å². The molecule has 0 bridgehead atoms. The van der Waals surface area contributed by atoms with E-state index in [0.29, 0.717) is 5.82 Å². The molecular weight excluding hydrogens is 557 g/mol. The highest BCUT2D eigenvalue weighted by molar-refractivity contribution is 7.26. The highest BCUT2D eigenvalue weighted by Gasteiger charge is 2.18. The highest BCUT2D eigenvalue weighted by atomic mass is 32.1. The van der Waals surface area contributed by atoms with E-state index < -0.39 is 0 Å². The molecule has 44 heavy (non-hydrogen) atoms. The van der Waals surface area contributed by atoms with Crippen LogP contribution >= 0.6 is 11.3 Å².